The van der Waals surface area contributed by atoms with Gasteiger partial charge < -0.3 is 9.47 Å². The first-order chi connectivity index (χ1) is 30.2. The molecule has 0 bridgehead atoms. The summed E-state index contributed by atoms with van der Waals surface area (Å²) in [7, 11) is 0. The van der Waals surface area contributed by atoms with Gasteiger partial charge in [0.1, 0.15) is 17.3 Å². The third-order valence-electron chi connectivity index (χ3n) is 11.0. The van der Waals surface area contributed by atoms with E-state index in [-0.39, 0.29) is 11.8 Å². The van der Waals surface area contributed by atoms with Gasteiger partial charge in [-0.25, -0.2) is 19.0 Å². The Morgan fingerprint density at radius 3 is 1.71 bits per heavy atom. The Bertz CT molecular complexity index is 2210. The Hall–Kier alpha value is -5.56. The van der Waals surface area contributed by atoms with Crippen LogP contribution in [0, 0.1) is 26.6 Å². The molecule has 0 unspecified atom stereocenters. The van der Waals surface area contributed by atoms with Crippen LogP contribution in [0.5, 0.6) is 11.5 Å². The summed E-state index contributed by atoms with van der Waals surface area (Å²) in [4.78, 5) is 22.1. The quantitative estimate of drug-likeness (QED) is 0.0224. The number of halogens is 1. The van der Waals surface area contributed by atoms with Crippen molar-refractivity contribution in [3.8, 4) is 22.6 Å². The second kappa shape index (κ2) is 26.0. The molecule has 0 radical (unpaired) electrons. The smallest absolute Gasteiger partial charge is 0.343 e. The van der Waals surface area contributed by atoms with Crippen LogP contribution in [-0.4, -0.2) is 25.8 Å². The number of carbonyl (C=O) groups is 1. The molecular weight excluding hydrogens is 772 g/mol. The molecular formula is C56H65FO5. The molecule has 0 atom stereocenters. The Labute approximate surface area is 370 Å². The van der Waals surface area contributed by atoms with Crippen LogP contribution in [-0.2, 0) is 41.9 Å². The lowest BCUT2D eigenvalue weighted by Crippen LogP contribution is -2.08. The van der Waals surface area contributed by atoms with E-state index >= 15 is 0 Å². The average molecular weight is 837 g/mol. The van der Waals surface area contributed by atoms with Gasteiger partial charge in [-0.3, -0.25) is 0 Å². The van der Waals surface area contributed by atoms with Crippen LogP contribution in [0.4, 0.5) is 4.39 Å². The predicted octanol–water partition coefficient (Wildman–Crippen LogP) is 14.1. The fourth-order valence-corrected chi connectivity index (χ4v) is 7.23. The summed E-state index contributed by atoms with van der Waals surface area (Å²) in [5, 5.41) is 0. The first-order valence-electron chi connectivity index (χ1n) is 22.5. The van der Waals surface area contributed by atoms with Crippen molar-refractivity contribution in [2.75, 3.05) is 19.8 Å². The van der Waals surface area contributed by atoms with Crippen molar-refractivity contribution in [3.63, 3.8) is 0 Å². The first-order valence-corrected chi connectivity index (χ1v) is 22.5. The molecule has 6 aromatic rings. The molecule has 0 fully saturated rings. The molecule has 62 heavy (non-hydrogen) atoms. The second-order valence-corrected chi connectivity index (χ2v) is 16.0. The molecule has 0 saturated carbocycles. The van der Waals surface area contributed by atoms with Crippen molar-refractivity contribution in [1.82, 2.24) is 0 Å². The number of hydrogen-bond acceptors (Lipinski definition) is 5. The minimum Gasteiger partial charge on any atom is -0.494 e. The molecule has 0 heterocycles. The highest BCUT2D eigenvalue weighted by Gasteiger charge is 2.09. The summed E-state index contributed by atoms with van der Waals surface area (Å²) in [6.45, 7) is 12.3. The number of unbranched alkanes of at least 4 members (excludes halogenated alkanes) is 4. The van der Waals surface area contributed by atoms with Crippen molar-refractivity contribution in [3.05, 3.63) is 189 Å². The van der Waals surface area contributed by atoms with E-state index < -0.39 is 0 Å². The van der Waals surface area contributed by atoms with E-state index in [1.165, 1.54) is 38.9 Å². The van der Waals surface area contributed by atoms with Gasteiger partial charge in [0.2, 0.25) is 0 Å². The van der Waals surface area contributed by atoms with Crippen LogP contribution in [0.3, 0.4) is 0 Å². The molecule has 0 amide bonds. The third-order valence-corrected chi connectivity index (χ3v) is 11.0. The summed E-state index contributed by atoms with van der Waals surface area (Å²) in [6, 6.07) is 44.7. The maximum absolute atomic E-state index is 13.8. The Balaban J connectivity index is 0.000000236. The molecule has 0 N–H and O–H groups in total. The Morgan fingerprint density at radius 1 is 0.500 bits per heavy atom. The van der Waals surface area contributed by atoms with Gasteiger partial charge in [0.15, 0.2) is 0 Å². The molecule has 0 aliphatic carbocycles. The fourth-order valence-electron chi connectivity index (χ4n) is 7.23. The number of hydrogen-bond donors (Lipinski definition) is 0. The highest BCUT2D eigenvalue weighted by atomic mass is 19.1. The maximum atomic E-state index is 13.8. The molecule has 0 aliphatic rings. The average Bonchev–Trinajstić information content (AvgIpc) is 3.28. The molecule has 6 aromatic carbocycles. The van der Waals surface area contributed by atoms with Crippen molar-refractivity contribution >= 4 is 5.97 Å². The van der Waals surface area contributed by atoms with Crippen molar-refractivity contribution < 1.29 is 28.4 Å². The molecule has 0 spiro atoms. The zero-order valence-electron chi connectivity index (χ0n) is 37.5. The summed E-state index contributed by atoms with van der Waals surface area (Å²) >= 11 is 0. The highest BCUT2D eigenvalue weighted by Crippen LogP contribution is 2.24. The molecule has 6 rings (SSSR count). The van der Waals surface area contributed by atoms with Gasteiger partial charge in [-0.2, -0.15) is 0 Å². The molecule has 0 saturated heterocycles. The molecule has 6 heteroatoms. The number of aryl methyl sites for hydroxylation is 8. The Kier molecular flexibility index (Phi) is 19.9. The number of rotatable bonds is 22. The lowest BCUT2D eigenvalue weighted by atomic mass is 9.97. The largest absolute Gasteiger partial charge is 0.494 e. The van der Waals surface area contributed by atoms with Gasteiger partial charge in [0.05, 0.1) is 25.4 Å². The molecule has 326 valence electrons. The van der Waals surface area contributed by atoms with Crippen LogP contribution in [0.1, 0.15) is 107 Å². The van der Waals surface area contributed by atoms with E-state index in [0.717, 1.165) is 99.7 Å². The Morgan fingerprint density at radius 2 is 1.06 bits per heavy atom. The van der Waals surface area contributed by atoms with Crippen LogP contribution >= 0.6 is 0 Å². The lowest BCUT2D eigenvalue weighted by Gasteiger charge is -2.09. The van der Waals surface area contributed by atoms with E-state index in [1.54, 1.807) is 18.2 Å². The number of esters is 1. The minimum absolute atomic E-state index is 0.0965. The van der Waals surface area contributed by atoms with Gasteiger partial charge in [-0.15, -0.1) is 0 Å². The van der Waals surface area contributed by atoms with Crippen molar-refractivity contribution in [2.24, 2.45) is 0 Å². The van der Waals surface area contributed by atoms with E-state index in [2.05, 4.69) is 80.6 Å². The number of ether oxygens (including phenoxy) is 2. The van der Waals surface area contributed by atoms with E-state index in [1.807, 2.05) is 69.3 Å². The fraction of sp³-hybridized carbons (Fsp3) is 0.339. The number of benzene rings is 6. The third kappa shape index (κ3) is 16.4. The lowest BCUT2D eigenvalue weighted by molar-refractivity contribution is -0.291. The highest BCUT2D eigenvalue weighted by molar-refractivity contribution is 5.91. The van der Waals surface area contributed by atoms with Crippen LogP contribution in [0.2, 0.25) is 0 Å². The van der Waals surface area contributed by atoms with Gasteiger partial charge in [0.25, 0.3) is 0 Å². The monoisotopic (exact) mass is 836 g/mol. The van der Waals surface area contributed by atoms with Crippen LogP contribution in [0.15, 0.2) is 133 Å². The standard InChI is InChI=1S/C30H38O3.C26H27FO2/c1-4-32-33-22-8-6-5-7-21-31-30-19-17-29(18-20-30)28-15-11-26(12-16-28)10-14-27-13-9-24(2)23-25(27)3;1-3-22-15-10-21(18-25(22)27)7-5-4-6-20-11-16-24(17-12-20)29-26(28)23-13-8-19(2)9-14-23/h9,11-13,15-20,23H,4-8,10,14,21-22H2,1-3H3;8-18H,3-7H2,1-2H3. The van der Waals surface area contributed by atoms with Gasteiger partial charge in [0, 0.05) is 0 Å². The normalized spacial score (nSPS) is 10.9. The van der Waals surface area contributed by atoms with E-state index in [0.29, 0.717) is 24.5 Å². The molecule has 0 aliphatic heterocycles. The van der Waals surface area contributed by atoms with E-state index in [9.17, 15) is 9.18 Å². The molecule has 5 nitrogen and oxygen atoms in total. The topological polar surface area (TPSA) is 54.0 Å². The van der Waals surface area contributed by atoms with E-state index in [4.69, 9.17) is 19.2 Å². The summed E-state index contributed by atoms with van der Waals surface area (Å²) in [5.74, 6) is 1.04. The predicted molar refractivity (Wildman–Crippen MR) is 252 cm³/mol. The summed E-state index contributed by atoms with van der Waals surface area (Å²) in [6.07, 6.45) is 11.1. The van der Waals surface area contributed by atoms with Crippen molar-refractivity contribution in [1.29, 1.82) is 0 Å². The molecule has 0 aromatic heterocycles. The summed E-state index contributed by atoms with van der Waals surface area (Å²) < 4.78 is 25.2. The SMILES string of the molecule is CCOOCCCCCCOc1ccc(-c2ccc(CCc3ccc(C)cc3C)cc2)cc1.CCc1ccc(CCCCc2ccc(OC(=O)c3ccc(C)cc3)cc2)cc1F. The van der Waals surface area contributed by atoms with Gasteiger partial charge in [-0.1, -0.05) is 115 Å². The zero-order valence-corrected chi connectivity index (χ0v) is 37.5. The maximum Gasteiger partial charge on any atom is 0.343 e. The first kappa shape index (κ1) is 47.5. The van der Waals surface area contributed by atoms with Crippen LogP contribution < -0.4 is 9.47 Å². The van der Waals surface area contributed by atoms with Gasteiger partial charge in [-0.05, 0) is 179 Å². The van der Waals surface area contributed by atoms with Gasteiger partial charge >= 0.3 is 5.97 Å². The summed E-state index contributed by atoms with van der Waals surface area (Å²) in [5.41, 5.74) is 12.7. The van der Waals surface area contributed by atoms with Crippen molar-refractivity contribution in [2.45, 2.75) is 105 Å². The zero-order chi connectivity index (χ0) is 43.9. The van der Waals surface area contributed by atoms with Crippen LogP contribution in [0.25, 0.3) is 11.1 Å². The minimum atomic E-state index is -0.348. The number of carbonyl (C=O) groups excluding carboxylic acids is 1. The second-order valence-electron chi connectivity index (χ2n) is 16.0.